The molecule has 3 aliphatic rings. The lowest BCUT2D eigenvalue weighted by atomic mass is 9.60. The van der Waals surface area contributed by atoms with E-state index in [1.807, 2.05) is 0 Å². The molecule has 3 saturated carbocycles. The van der Waals surface area contributed by atoms with Crippen molar-refractivity contribution >= 4 is 0 Å². The second-order valence-electron chi connectivity index (χ2n) is 5.02. The van der Waals surface area contributed by atoms with Gasteiger partial charge in [0.05, 0.1) is 6.10 Å². The molecule has 0 aromatic heterocycles. The maximum absolute atomic E-state index is 9.61. The fourth-order valence-corrected chi connectivity index (χ4v) is 4.15. The third-order valence-corrected chi connectivity index (χ3v) is 4.56. The summed E-state index contributed by atoms with van der Waals surface area (Å²) in [6, 6.07) is 0. The number of aliphatic hydroxyl groups is 1. The van der Waals surface area contributed by atoms with E-state index < -0.39 is 0 Å². The average molecular weight is 138 g/mol. The fraction of sp³-hybridized carbons (Fsp3) is 1.00. The Morgan fingerprint density at radius 1 is 1.30 bits per heavy atom. The SMILES string of the molecule is C[C@]12C[C@]3(C)C1C2C[C@H]3O. The number of aliphatic hydroxyl groups excluding tert-OH is 1. The van der Waals surface area contributed by atoms with Crippen molar-refractivity contribution in [2.75, 3.05) is 0 Å². The van der Waals surface area contributed by atoms with Crippen LogP contribution >= 0.6 is 0 Å². The second kappa shape index (κ2) is 1.08. The minimum absolute atomic E-state index is 0.0318. The van der Waals surface area contributed by atoms with Crippen LogP contribution in [0.4, 0.5) is 0 Å². The molecular weight excluding hydrogens is 124 g/mol. The van der Waals surface area contributed by atoms with Crippen molar-refractivity contribution in [2.24, 2.45) is 22.7 Å². The van der Waals surface area contributed by atoms with Gasteiger partial charge in [-0.25, -0.2) is 0 Å². The highest BCUT2D eigenvalue weighted by Crippen LogP contribution is 2.86. The Morgan fingerprint density at radius 3 is 2.30 bits per heavy atom. The maximum Gasteiger partial charge on any atom is 0.0599 e. The van der Waals surface area contributed by atoms with Crippen LogP contribution in [0.1, 0.15) is 26.7 Å². The summed E-state index contributed by atoms with van der Waals surface area (Å²) in [7, 11) is 0. The van der Waals surface area contributed by atoms with Crippen molar-refractivity contribution in [2.45, 2.75) is 32.8 Å². The van der Waals surface area contributed by atoms with Crippen LogP contribution in [0.3, 0.4) is 0 Å². The maximum atomic E-state index is 9.61. The van der Waals surface area contributed by atoms with Gasteiger partial charge in [-0.2, -0.15) is 0 Å². The van der Waals surface area contributed by atoms with E-state index in [1.54, 1.807) is 0 Å². The van der Waals surface area contributed by atoms with Crippen molar-refractivity contribution in [1.82, 2.24) is 0 Å². The van der Waals surface area contributed by atoms with Gasteiger partial charge in [0.15, 0.2) is 0 Å². The van der Waals surface area contributed by atoms with E-state index in [4.69, 9.17) is 0 Å². The first-order valence-corrected chi connectivity index (χ1v) is 4.27. The Kier molecular flexibility index (Phi) is 0.602. The van der Waals surface area contributed by atoms with E-state index in [1.165, 1.54) is 6.42 Å². The summed E-state index contributed by atoms with van der Waals surface area (Å²) in [4.78, 5) is 0. The third-order valence-electron chi connectivity index (χ3n) is 4.56. The van der Waals surface area contributed by atoms with Crippen molar-refractivity contribution in [1.29, 1.82) is 0 Å². The number of fused-ring (bicyclic) bond motifs is 1. The van der Waals surface area contributed by atoms with Gasteiger partial charge in [-0.3, -0.25) is 0 Å². The lowest BCUT2D eigenvalue weighted by Crippen LogP contribution is -2.44. The molecule has 3 rings (SSSR count). The zero-order valence-corrected chi connectivity index (χ0v) is 6.59. The average Bonchev–Trinajstić information content (AvgIpc) is 2.17. The van der Waals surface area contributed by atoms with Crippen LogP contribution < -0.4 is 0 Å². The summed E-state index contributed by atoms with van der Waals surface area (Å²) in [6.07, 6.45) is 2.41. The first kappa shape index (κ1) is 5.59. The molecule has 0 saturated heterocycles. The van der Waals surface area contributed by atoms with Gasteiger partial charge >= 0.3 is 0 Å². The molecule has 0 heterocycles. The lowest BCUT2D eigenvalue weighted by molar-refractivity contribution is -0.0607. The Morgan fingerprint density at radius 2 is 2.00 bits per heavy atom. The quantitative estimate of drug-likeness (QED) is 0.536. The number of hydrogen-bond acceptors (Lipinski definition) is 1. The van der Waals surface area contributed by atoms with Gasteiger partial charge in [0, 0.05) is 0 Å². The van der Waals surface area contributed by atoms with Crippen molar-refractivity contribution < 1.29 is 5.11 Å². The molecule has 5 atom stereocenters. The van der Waals surface area contributed by atoms with Crippen LogP contribution in [-0.4, -0.2) is 11.2 Å². The molecule has 0 aliphatic heterocycles. The largest absolute Gasteiger partial charge is 0.393 e. The Balaban J connectivity index is 2.02. The van der Waals surface area contributed by atoms with Crippen LogP contribution in [0.2, 0.25) is 0 Å². The van der Waals surface area contributed by atoms with Crippen LogP contribution in [0.15, 0.2) is 0 Å². The highest BCUT2D eigenvalue weighted by Gasteiger charge is 2.82. The van der Waals surface area contributed by atoms with E-state index in [9.17, 15) is 5.11 Å². The van der Waals surface area contributed by atoms with E-state index in [0.717, 1.165) is 18.3 Å². The van der Waals surface area contributed by atoms with E-state index in [-0.39, 0.29) is 6.10 Å². The molecule has 0 amide bonds. The van der Waals surface area contributed by atoms with Gasteiger partial charge in [0.2, 0.25) is 0 Å². The molecule has 0 radical (unpaired) electrons. The summed E-state index contributed by atoms with van der Waals surface area (Å²) in [5.74, 6) is 1.79. The van der Waals surface area contributed by atoms with Gasteiger partial charge in [0.25, 0.3) is 0 Å². The molecule has 10 heavy (non-hydrogen) atoms. The minimum Gasteiger partial charge on any atom is -0.393 e. The zero-order valence-electron chi connectivity index (χ0n) is 6.59. The second-order valence-corrected chi connectivity index (χ2v) is 5.02. The van der Waals surface area contributed by atoms with E-state index in [0.29, 0.717) is 10.8 Å². The summed E-state index contributed by atoms with van der Waals surface area (Å²) >= 11 is 0. The zero-order chi connectivity index (χ0) is 7.15. The monoisotopic (exact) mass is 138 g/mol. The minimum atomic E-state index is 0.0318. The first-order valence-electron chi connectivity index (χ1n) is 4.27. The molecule has 0 aromatic rings. The molecule has 1 N–H and O–H groups in total. The van der Waals surface area contributed by atoms with Gasteiger partial charge in [-0.15, -0.1) is 0 Å². The van der Waals surface area contributed by atoms with Crippen molar-refractivity contribution in [3.63, 3.8) is 0 Å². The van der Waals surface area contributed by atoms with Crippen LogP contribution in [0.25, 0.3) is 0 Å². The summed E-state index contributed by atoms with van der Waals surface area (Å²) in [5, 5.41) is 9.61. The predicted octanol–water partition coefficient (Wildman–Crippen LogP) is 1.41. The predicted molar refractivity (Wildman–Crippen MR) is 38.4 cm³/mol. The van der Waals surface area contributed by atoms with Crippen molar-refractivity contribution in [3.05, 3.63) is 0 Å². The molecule has 0 aromatic carbocycles. The highest BCUT2D eigenvalue weighted by atomic mass is 16.3. The number of hydrogen-bond donors (Lipinski definition) is 1. The van der Waals surface area contributed by atoms with Gasteiger partial charge in [-0.05, 0) is 35.5 Å². The standard InChI is InChI=1S/C9H14O/c1-8-4-9(2)6(10)3-5(8)7(8)9/h5-7,10H,3-4H2,1-2H3/t5?,6-,7?,8-,9+/m1/s1. The Labute approximate surface area is 61.4 Å². The summed E-state index contributed by atoms with van der Waals surface area (Å²) in [5.41, 5.74) is 1.04. The normalized spacial score (nSPS) is 76.5. The molecule has 0 bridgehead atoms. The van der Waals surface area contributed by atoms with E-state index in [2.05, 4.69) is 13.8 Å². The highest BCUT2D eigenvalue weighted by molar-refractivity contribution is 5.31. The van der Waals surface area contributed by atoms with Gasteiger partial charge in [0.1, 0.15) is 0 Å². The molecule has 3 fully saturated rings. The number of rotatable bonds is 0. The summed E-state index contributed by atoms with van der Waals surface area (Å²) in [6.45, 7) is 4.65. The topological polar surface area (TPSA) is 20.2 Å². The van der Waals surface area contributed by atoms with Gasteiger partial charge in [-0.1, -0.05) is 13.8 Å². The van der Waals surface area contributed by atoms with Crippen LogP contribution in [0.5, 0.6) is 0 Å². The van der Waals surface area contributed by atoms with Crippen LogP contribution in [0, 0.1) is 22.7 Å². The molecule has 0 spiro atoms. The third kappa shape index (κ3) is 0.298. The lowest BCUT2D eigenvalue weighted by Gasteiger charge is -2.46. The first-order chi connectivity index (χ1) is 4.59. The van der Waals surface area contributed by atoms with Crippen LogP contribution in [-0.2, 0) is 0 Å². The molecule has 56 valence electrons. The summed E-state index contributed by atoms with van der Waals surface area (Å²) < 4.78 is 0. The Hall–Kier alpha value is -0.0400. The van der Waals surface area contributed by atoms with E-state index >= 15 is 0 Å². The molecule has 1 nitrogen and oxygen atoms in total. The molecule has 2 unspecified atom stereocenters. The Bertz CT molecular complexity index is 213. The molecule has 1 heteroatoms. The fourth-order valence-electron chi connectivity index (χ4n) is 4.15. The molecule has 3 aliphatic carbocycles. The molecular formula is C9H14O. The van der Waals surface area contributed by atoms with Gasteiger partial charge < -0.3 is 5.11 Å². The van der Waals surface area contributed by atoms with Crippen molar-refractivity contribution in [3.8, 4) is 0 Å². The smallest absolute Gasteiger partial charge is 0.0599 e.